The van der Waals surface area contributed by atoms with Crippen LogP contribution in [0, 0.1) is 5.92 Å². The van der Waals surface area contributed by atoms with Gasteiger partial charge in [-0.05, 0) is 44.3 Å². The highest BCUT2D eigenvalue weighted by Crippen LogP contribution is 2.47. The maximum Gasteiger partial charge on any atom is 0.328 e. The quantitative estimate of drug-likeness (QED) is 0.686. The number of benzene rings is 2. The molecule has 0 bridgehead atoms. The second kappa shape index (κ2) is 10.7. The average Bonchev–Trinajstić information content (AvgIpc) is 2.66. The van der Waals surface area contributed by atoms with Crippen LogP contribution in [0.5, 0.6) is 0 Å². The molecule has 7 heteroatoms. The van der Waals surface area contributed by atoms with Crippen molar-refractivity contribution in [2.24, 2.45) is 5.92 Å². The topological polar surface area (TPSA) is 81.1 Å². The summed E-state index contributed by atoms with van der Waals surface area (Å²) in [7, 11) is 4.29. The van der Waals surface area contributed by atoms with Crippen LogP contribution in [-0.2, 0) is 9.59 Å². The highest BCUT2D eigenvalue weighted by molar-refractivity contribution is 7.99. The molecule has 0 fully saturated rings. The minimum absolute atomic E-state index is 0.558. The van der Waals surface area contributed by atoms with Crippen molar-refractivity contribution in [3.8, 4) is 0 Å². The summed E-state index contributed by atoms with van der Waals surface area (Å²) < 4.78 is 0. The van der Waals surface area contributed by atoms with Crippen LogP contribution < -0.4 is 4.90 Å². The van der Waals surface area contributed by atoms with Gasteiger partial charge in [0.1, 0.15) is 0 Å². The molecule has 0 aromatic heterocycles. The first-order chi connectivity index (χ1) is 13.8. The molecule has 2 N–H and O–H groups in total. The van der Waals surface area contributed by atoms with E-state index >= 15 is 0 Å². The summed E-state index contributed by atoms with van der Waals surface area (Å²) in [5, 5.41) is 15.6. The lowest BCUT2D eigenvalue weighted by Crippen LogP contribution is -2.31. The normalized spacial score (nSPS) is 13.3. The van der Waals surface area contributed by atoms with Gasteiger partial charge < -0.3 is 20.0 Å². The van der Waals surface area contributed by atoms with Crippen LogP contribution >= 0.6 is 11.8 Å². The number of anilines is 2. The second-order valence-corrected chi connectivity index (χ2v) is 8.11. The van der Waals surface area contributed by atoms with Crippen molar-refractivity contribution in [1.29, 1.82) is 0 Å². The molecule has 0 spiro atoms. The molecular weight excluding hydrogens is 388 g/mol. The molecule has 0 radical (unpaired) electrons. The maximum atomic E-state index is 9.55. The lowest BCUT2D eigenvalue weighted by Gasteiger charge is -2.35. The van der Waals surface area contributed by atoms with Crippen molar-refractivity contribution < 1.29 is 19.8 Å². The summed E-state index contributed by atoms with van der Waals surface area (Å²) in [5.74, 6) is -1.90. The Bertz CT molecular complexity index is 821. The molecule has 0 saturated carbocycles. The smallest absolute Gasteiger partial charge is 0.328 e. The minimum Gasteiger partial charge on any atom is -0.478 e. The van der Waals surface area contributed by atoms with Crippen LogP contribution in [0.15, 0.2) is 70.5 Å². The third-order valence-corrected chi connectivity index (χ3v) is 5.20. The fourth-order valence-electron chi connectivity index (χ4n) is 3.11. The second-order valence-electron chi connectivity index (χ2n) is 7.03. The lowest BCUT2D eigenvalue weighted by atomic mass is 10.1. The van der Waals surface area contributed by atoms with E-state index in [1.807, 2.05) is 11.8 Å². The monoisotopic (exact) mass is 414 g/mol. The third-order valence-electron chi connectivity index (χ3n) is 4.07. The Labute approximate surface area is 175 Å². The molecular formula is C22H26N2O4S. The first-order valence-corrected chi connectivity index (χ1v) is 10.0. The maximum absolute atomic E-state index is 9.55. The highest BCUT2D eigenvalue weighted by Gasteiger charge is 2.24. The van der Waals surface area contributed by atoms with Crippen LogP contribution in [0.2, 0.25) is 0 Å². The Morgan fingerprint density at radius 1 is 0.966 bits per heavy atom. The van der Waals surface area contributed by atoms with Crippen LogP contribution in [0.1, 0.15) is 6.92 Å². The van der Waals surface area contributed by atoms with E-state index in [4.69, 9.17) is 10.2 Å². The highest BCUT2D eigenvalue weighted by atomic mass is 32.2. The lowest BCUT2D eigenvalue weighted by molar-refractivity contribution is -0.134. The molecule has 2 aromatic rings. The number of hydrogen-bond acceptors (Lipinski definition) is 5. The Hall–Kier alpha value is -2.77. The zero-order valence-electron chi connectivity index (χ0n) is 16.8. The molecule has 29 heavy (non-hydrogen) atoms. The molecule has 1 heterocycles. The van der Waals surface area contributed by atoms with Gasteiger partial charge in [0.2, 0.25) is 0 Å². The number of carboxylic acids is 2. The predicted molar refractivity (Wildman–Crippen MR) is 116 cm³/mol. The van der Waals surface area contributed by atoms with E-state index in [-0.39, 0.29) is 0 Å². The van der Waals surface area contributed by atoms with Gasteiger partial charge in [-0.3, -0.25) is 0 Å². The molecule has 6 nitrogen and oxygen atoms in total. The molecule has 3 rings (SSSR count). The van der Waals surface area contributed by atoms with Crippen LogP contribution in [0.25, 0.3) is 0 Å². The van der Waals surface area contributed by atoms with Gasteiger partial charge in [0.25, 0.3) is 0 Å². The fourth-order valence-corrected chi connectivity index (χ4v) is 4.21. The number of carboxylic acid groups (broad SMARTS) is 2. The average molecular weight is 415 g/mol. The summed E-state index contributed by atoms with van der Waals surface area (Å²) in [6.07, 6.45) is 1.12. The molecule has 0 aliphatic carbocycles. The van der Waals surface area contributed by atoms with Gasteiger partial charge in [-0.2, -0.15) is 0 Å². The van der Waals surface area contributed by atoms with E-state index in [0.29, 0.717) is 18.1 Å². The molecule has 1 unspecified atom stereocenters. The standard InChI is InChI=1S/C18H22N2S.C4H4O4/c1-14(12-19(2)3)13-20-15-8-4-6-10-17(15)21-18-11-7-5-9-16(18)20;5-3(6)1-2-4(7)8/h4-11,14H,12-13H2,1-3H3;1-2H,(H,5,6)(H,7,8)/b;2-1+. The number of fused-ring (bicyclic) bond motifs is 2. The third kappa shape index (κ3) is 6.96. The number of carbonyl (C=O) groups is 2. The molecule has 2 aromatic carbocycles. The molecule has 1 aliphatic heterocycles. The van der Waals surface area contributed by atoms with Gasteiger partial charge in [0, 0.05) is 35.0 Å². The van der Waals surface area contributed by atoms with Gasteiger partial charge in [0.15, 0.2) is 0 Å². The zero-order valence-corrected chi connectivity index (χ0v) is 17.6. The Balaban J connectivity index is 0.000000321. The van der Waals surface area contributed by atoms with Crippen molar-refractivity contribution in [2.75, 3.05) is 32.1 Å². The number of nitrogens with zero attached hydrogens (tertiary/aromatic N) is 2. The van der Waals surface area contributed by atoms with E-state index in [0.717, 1.165) is 13.1 Å². The van der Waals surface area contributed by atoms with Crippen molar-refractivity contribution in [3.05, 3.63) is 60.7 Å². The van der Waals surface area contributed by atoms with Gasteiger partial charge in [0.05, 0.1) is 11.4 Å². The van der Waals surface area contributed by atoms with Gasteiger partial charge in [-0.25, -0.2) is 9.59 Å². The van der Waals surface area contributed by atoms with Gasteiger partial charge >= 0.3 is 11.9 Å². The number of hydrogen-bond donors (Lipinski definition) is 2. The van der Waals surface area contributed by atoms with E-state index in [2.05, 4.69) is 79.3 Å². The van der Waals surface area contributed by atoms with Crippen molar-refractivity contribution in [2.45, 2.75) is 16.7 Å². The summed E-state index contributed by atoms with van der Waals surface area (Å²) in [6.45, 7) is 4.48. The molecule has 1 aliphatic rings. The molecule has 1 atom stereocenters. The largest absolute Gasteiger partial charge is 0.478 e. The zero-order chi connectivity index (χ0) is 21.4. The Morgan fingerprint density at radius 3 is 1.83 bits per heavy atom. The van der Waals surface area contributed by atoms with Crippen molar-refractivity contribution in [1.82, 2.24) is 4.90 Å². The fraction of sp³-hybridized carbons (Fsp3) is 0.273. The van der Waals surface area contributed by atoms with Crippen LogP contribution in [-0.4, -0.2) is 54.2 Å². The number of aliphatic carboxylic acids is 2. The van der Waals surface area contributed by atoms with E-state index < -0.39 is 11.9 Å². The van der Waals surface area contributed by atoms with E-state index in [1.165, 1.54) is 21.2 Å². The van der Waals surface area contributed by atoms with E-state index in [1.54, 1.807) is 0 Å². The predicted octanol–water partition coefficient (Wildman–Crippen LogP) is 4.20. The summed E-state index contributed by atoms with van der Waals surface area (Å²) in [5.41, 5.74) is 2.68. The SMILES string of the molecule is CC(CN(C)C)CN1c2ccccc2Sc2ccccc21.O=C(O)/C=C/C(=O)O. The van der Waals surface area contributed by atoms with Crippen molar-refractivity contribution >= 4 is 35.1 Å². The Kier molecular flexibility index (Phi) is 8.30. The summed E-state index contributed by atoms with van der Waals surface area (Å²) >= 11 is 1.88. The minimum atomic E-state index is -1.26. The number of rotatable bonds is 6. The molecule has 154 valence electrons. The number of para-hydroxylation sites is 2. The summed E-state index contributed by atoms with van der Waals surface area (Å²) in [4.78, 5) is 26.6. The first kappa shape index (κ1) is 22.5. The summed E-state index contributed by atoms with van der Waals surface area (Å²) in [6, 6.07) is 17.4. The van der Waals surface area contributed by atoms with E-state index in [9.17, 15) is 9.59 Å². The molecule has 0 amide bonds. The van der Waals surface area contributed by atoms with Gasteiger partial charge in [-0.15, -0.1) is 0 Å². The Morgan fingerprint density at radius 2 is 1.41 bits per heavy atom. The van der Waals surface area contributed by atoms with Crippen LogP contribution in [0.3, 0.4) is 0 Å². The van der Waals surface area contributed by atoms with Crippen LogP contribution in [0.4, 0.5) is 11.4 Å². The molecule has 0 saturated heterocycles. The first-order valence-electron chi connectivity index (χ1n) is 9.20. The van der Waals surface area contributed by atoms with Crippen molar-refractivity contribution in [3.63, 3.8) is 0 Å². The van der Waals surface area contributed by atoms with Gasteiger partial charge in [-0.1, -0.05) is 43.0 Å².